The molecule has 2 aromatic rings. The van der Waals surface area contributed by atoms with Crippen molar-refractivity contribution in [1.29, 1.82) is 0 Å². The Kier molecular flexibility index (Phi) is 4.32. The highest BCUT2D eigenvalue weighted by atomic mass is 79.9. The smallest absolute Gasteiger partial charge is 0.251 e. The maximum atomic E-state index is 13.1. The quantitative estimate of drug-likeness (QED) is 0.914. The van der Waals surface area contributed by atoms with Gasteiger partial charge in [-0.25, -0.2) is 4.39 Å². The summed E-state index contributed by atoms with van der Waals surface area (Å²) in [5.74, 6) is -0.504. The van der Waals surface area contributed by atoms with E-state index in [4.69, 9.17) is 0 Å². The molecule has 2 nitrogen and oxygen atoms in total. The molecular weight excluding hydrogens is 309 g/mol. The van der Waals surface area contributed by atoms with Crippen molar-refractivity contribution in [3.05, 3.63) is 69.4 Å². The Balaban J connectivity index is 2.01. The highest BCUT2D eigenvalue weighted by Gasteiger charge is 2.07. The van der Waals surface area contributed by atoms with E-state index in [-0.39, 0.29) is 11.7 Å². The third-order valence-electron chi connectivity index (χ3n) is 2.79. The second kappa shape index (κ2) is 5.97. The lowest BCUT2D eigenvalue weighted by atomic mass is 10.1. The van der Waals surface area contributed by atoms with Crippen LogP contribution in [0.1, 0.15) is 21.5 Å². The van der Waals surface area contributed by atoms with Gasteiger partial charge in [-0.1, -0.05) is 28.1 Å². The Hall–Kier alpha value is -1.68. The van der Waals surface area contributed by atoms with Crippen molar-refractivity contribution in [3.8, 4) is 0 Å². The zero-order valence-corrected chi connectivity index (χ0v) is 12.0. The zero-order chi connectivity index (χ0) is 13.8. The Labute approximate surface area is 119 Å². The van der Waals surface area contributed by atoms with Crippen molar-refractivity contribution in [2.24, 2.45) is 0 Å². The molecule has 0 unspecified atom stereocenters. The topological polar surface area (TPSA) is 29.1 Å². The zero-order valence-electron chi connectivity index (χ0n) is 10.4. The maximum Gasteiger partial charge on any atom is 0.251 e. The third kappa shape index (κ3) is 3.64. The first-order valence-electron chi connectivity index (χ1n) is 5.85. The summed E-state index contributed by atoms with van der Waals surface area (Å²) >= 11 is 3.35. The number of benzene rings is 2. The highest BCUT2D eigenvalue weighted by molar-refractivity contribution is 9.10. The summed E-state index contributed by atoms with van der Waals surface area (Å²) in [6, 6.07) is 12.0. The van der Waals surface area contributed by atoms with Gasteiger partial charge in [-0.3, -0.25) is 4.79 Å². The minimum Gasteiger partial charge on any atom is -0.348 e. The lowest BCUT2D eigenvalue weighted by Gasteiger charge is -2.06. The second-order valence-corrected chi connectivity index (χ2v) is 5.19. The Morgan fingerprint density at radius 3 is 2.53 bits per heavy atom. The van der Waals surface area contributed by atoms with Crippen molar-refractivity contribution < 1.29 is 9.18 Å². The van der Waals surface area contributed by atoms with Gasteiger partial charge in [-0.05, 0) is 48.4 Å². The fourth-order valence-corrected chi connectivity index (χ4v) is 1.94. The molecule has 0 aliphatic carbocycles. The van der Waals surface area contributed by atoms with Crippen LogP contribution < -0.4 is 5.32 Å². The van der Waals surface area contributed by atoms with Gasteiger partial charge in [0.2, 0.25) is 0 Å². The molecule has 0 saturated carbocycles. The van der Waals surface area contributed by atoms with Gasteiger partial charge >= 0.3 is 0 Å². The summed E-state index contributed by atoms with van der Waals surface area (Å²) in [6.45, 7) is 2.09. The molecule has 0 atom stereocenters. The van der Waals surface area contributed by atoms with Gasteiger partial charge < -0.3 is 5.32 Å². The van der Waals surface area contributed by atoms with Crippen LogP contribution in [0.4, 0.5) is 4.39 Å². The van der Waals surface area contributed by atoms with Crippen molar-refractivity contribution >= 4 is 21.8 Å². The summed E-state index contributed by atoms with van der Waals surface area (Å²) in [5, 5.41) is 2.80. The fraction of sp³-hybridized carbons (Fsp3) is 0.133. The van der Waals surface area contributed by atoms with Crippen LogP contribution in [-0.4, -0.2) is 5.91 Å². The van der Waals surface area contributed by atoms with Crippen molar-refractivity contribution in [2.75, 3.05) is 0 Å². The van der Waals surface area contributed by atoms with E-state index in [0.717, 1.165) is 10.0 Å². The van der Waals surface area contributed by atoms with Crippen LogP contribution >= 0.6 is 15.9 Å². The molecule has 0 heterocycles. The molecule has 0 fully saturated rings. The molecule has 0 bridgehead atoms. The molecule has 4 heteroatoms. The number of halogens is 2. The van der Waals surface area contributed by atoms with E-state index in [1.165, 1.54) is 12.1 Å². The summed E-state index contributed by atoms with van der Waals surface area (Å²) in [6.07, 6.45) is 0. The van der Waals surface area contributed by atoms with Crippen LogP contribution in [-0.2, 0) is 6.54 Å². The number of rotatable bonds is 3. The largest absolute Gasteiger partial charge is 0.348 e. The van der Waals surface area contributed by atoms with Gasteiger partial charge in [0.05, 0.1) is 0 Å². The van der Waals surface area contributed by atoms with E-state index in [1.54, 1.807) is 13.0 Å². The van der Waals surface area contributed by atoms with Crippen LogP contribution in [0.3, 0.4) is 0 Å². The van der Waals surface area contributed by atoms with Gasteiger partial charge in [-0.15, -0.1) is 0 Å². The van der Waals surface area contributed by atoms with E-state index in [0.29, 0.717) is 17.7 Å². The van der Waals surface area contributed by atoms with Gasteiger partial charge in [0.25, 0.3) is 5.91 Å². The summed E-state index contributed by atoms with van der Waals surface area (Å²) in [7, 11) is 0. The first-order chi connectivity index (χ1) is 9.06. The highest BCUT2D eigenvalue weighted by Crippen LogP contribution is 2.11. The molecule has 2 rings (SSSR count). The molecule has 2 aromatic carbocycles. The third-order valence-corrected chi connectivity index (χ3v) is 3.32. The molecule has 0 spiro atoms. The van der Waals surface area contributed by atoms with Gasteiger partial charge in [0, 0.05) is 16.6 Å². The molecule has 0 aliphatic heterocycles. The maximum absolute atomic E-state index is 13.1. The number of aryl methyl sites for hydroxylation is 1. The van der Waals surface area contributed by atoms with Gasteiger partial charge in [-0.2, -0.15) is 0 Å². The van der Waals surface area contributed by atoms with Crippen LogP contribution in [0.5, 0.6) is 0 Å². The molecule has 0 radical (unpaired) electrons. The number of nitrogens with one attached hydrogen (secondary N) is 1. The number of amides is 1. The lowest BCUT2D eigenvalue weighted by Crippen LogP contribution is -2.22. The predicted molar refractivity (Wildman–Crippen MR) is 76.4 cm³/mol. The fourth-order valence-electron chi connectivity index (χ4n) is 1.67. The minimum absolute atomic E-state index is 0.203. The van der Waals surface area contributed by atoms with E-state index in [2.05, 4.69) is 21.2 Å². The van der Waals surface area contributed by atoms with Crippen molar-refractivity contribution in [2.45, 2.75) is 13.5 Å². The summed E-state index contributed by atoms with van der Waals surface area (Å²) in [5.41, 5.74) is 1.95. The lowest BCUT2D eigenvalue weighted by molar-refractivity contribution is 0.0951. The van der Waals surface area contributed by atoms with Gasteiger partial charge in [0.1, 0.15) is 5.82 Å². The van der Waals surface area contributed by atoms with Crippen molar-refractivity contribution in [3.63, 3.8) is 0 Å². The first kappa shape index (κ1) is 13.7. The van der Waals surface area contributed by atoms with Crippen LogP contribution in [0.25, 0.3) is 0 Å². The predicted octanol–water partition coefficient (Wildman–Crippen LogP) is 3.83. The number of carbonyl (C=O) groups is 1. The van der Waals surface area contributed by atoms with E-state index in [1.807, 2.05) is 24.3 Å². The Bertz CT molecular complexity index is 596. The molecule has 0 saturated heterocycles. The molecule has 0 aromatic heterocycles. The molecule has 1 amide bonds. The average molecular weight is 322 g/mol. The van der Waals surface area contributed by atoms with Crippen LogP contribution in [0.15, 0.2) is 46.9 Å². The first-order valence-corrected chi connectivity index (χ1v) is 6.64. The van der Waals surface area contributed by atoms with Crippen LogP contribution in [0, 0.1) is 12.7 Å². The van der Waals surface area contributed by atoms with Crippen LogP contribution in [0.2, 0.25) is 0 Å². The molecule has 1 N–H and O–H groups in total. The standard InChI is InChI=1S/C15H13BrFNO/c1-10-8-12(4-7-14(10)17)15(19)18-9-11-2-5-13(16)6-3-11/h2-8H,9H2,1H3,(H,18,19). The Morgan fingerprint density at radius 1 is 1.21 bits per heavy atom. The SMILES string of the molecule is Cc1cc(C(=O)NCc2ccc(Br)cc2)ccc1F. The van der Waals surface area contributed by atoms with E-state index in [9.17, 15) is 9.18 Å². The van der Waals surface area contributed by atoms with E-state index >= 15 is 0 Å². The minimum atomic E-state index is -0.301. The average Bonchev–Trinajstić information content (AvgIpc) is 2.41. The molecule has 98 valence electrons. The number of hydrogen-bond donors (Lipinski definition) is 1. The number of carbonyl (C=O) groups excluding carboxylic acids is 1. The second-order valence-electron chi connectivity index (χ2n) is 4.27. The summed E-state index contributed by atoms with van der Waals surface area (Å²) < 4.78 is 14.1. The van der Waals surface area contributed by atoms with Crippen molar-refractivity contribution in [1.82, 2.24) is 5.32 Å². The Morgan fingerprint density at radius 2 is 1.89 bits per heavy atom. The summed E-state index contributed by atoms with van der Waals surface area (Å²) in [4.78, 5) is 11.9. The van der Waals surface area contributed by atoms with Gasteiger partial charge in [0.15, 0.2) is 0 Å². The van der Waals surface area contributed by atoms with E-state index < -0.39 is 0 Å². The normalized spacial score (nSPS) is 10.3. The number of hydrogen-bond acceptors (Lipinski definition) is 1. The molecular formula is C15H13BrFNO. The molecule has 19 heavy (non-hydrogen) atoms. The molecule has 0 aliphatic rings. The monoisotopic (exact) mass is 321 g/mol.